The number of hydrogen-bond acceptors (Lipinski definition) is 0. The van der Waals surface area contributed by atoms with Crippen LogP contribution in [0.3, 0.4) is 0 Å². The Bertz CT molecular complexity index is 3070. The normalized spacial score (nSPS) is 12.7. The van der Waals surface area contributed by atoms with Crippen LogP contribution in [-0.2, 0) is 109 Å². The van der Waals surface area contributed by atoms with E-state index in [4.69, 9.17) is 0 Å². The summed E-state index contributed by atoms with van der Waals surface area (Å²) in [5, 5.41) is 0. The predicted octanol–water partition coefficient (Wildman–Crippen LogP) is 14.3. The molecule has 4 aliphatic carbocycles. The van der Waals surface area contributed by atoms with E-state index < -0.39 is 0 Å². The minimum atomic E-state index is 0. The topological polar surface area (TPSA) is 0 Å². The van der Waals surface area contributed by atoms with Crippen LogP contribution in [0.25, 0.3) is 22.3 Å². The molecule has 4 heteroatoms. The maximum absolute atomic E-state index is 3.67. The Balaban J connectivity index is 0.000000198. The summed E-state index contributed by atoms with van der Waals surface area (Å²) in [4.78, 5) is 0. The van der Waals surface area contributed by atoms with Gasteiger partial charge in [0.05, 0.1) is 0 Å². The summed E-state index contributed by atoms with van der Waals surface area (Å²) >= 11 is 3.10. The van der Waals surface area contributed by atoms with Gasteiger partial charge in [0.1, 0.15) is 0 Å². The van der Waals surface area contributed by atoms with E-state index >= 15 is 0 Å². The Kier molecular flexibility index (Phi) is 28.6. The number of benzene rings is 8. The van der Waals surface area contributed by atoms with Gasteiger partial charge < -0.3 is 34.0 Å². The molecule has 0 radical (unpaired) electrons. The van der Waals surface area contributed by atoms with E-state index in [-0.39, 0.29) is 55.6 Å². The molecule has 0 bridgehead atoms. The second-order valence-corrected chi connectivity index (χ2v) is 30.0. The average Bonchev–Trinajstić information content (AvgIpc) is 2.14. The molecule has 0 aromatic heterocycles. The average molecular weight is 1420 g/mol. The Morgan fingerprint density at radius 1 is 0.360 bits per heavy atom. The molecule has 0 unspecified atom stereocenters. The number of allylic oxidation sites excluding steroid dienone is 8. The molecule has 4 aliphatic rings. The van der Waals surface area contributed by atoms with Crippen molar-refractivity contribution in [2.24, 2.45) is 0 Å². The molecule has 86 heavy (non-hydrogen) atoms. The van der Waals surface area contributed by atoms with Crippen LogP contribution in [0.4, 0.5) is 0 Å². The van der Waals surface area contributed by atoms with Gasteiger partial charge in [0, 0.05) is 0 Å². The number of hydrogen-bond donors (Lipinski definition) is 0. The fraction of sp³-hybridized carbons (Fsp3) is 0.293. The van der Waals surface area contributed by atoms with Crippen molar-refractivity contribution in [3.63, 3.8) is 0 Å². The summed E-state index contributed by atoms with van der Waals surface area (Å²) in [7, 11) is 0. The van der Waals surface area contributed by atoms with Gasteiger partial charge in [-0.2, -0.15) is 59.7 Å². The van der Waals surface area contributed by atoms with Crippen LogP contribution in [0.5, 0.6) is 0 Å². The number of rotatable bonds is 8. The van der Waals surface area contributed by atoms with Gasteiger partial charge in [0.2, 0.25) is 0 Å². The molecule has 0 N–H and O–H groups in total. The first-order chi connectivity index (χ1) is 40.0. The first-order valence-electron chi connectivity index (χ1n) is 30.1. The fourth-order valence-corrected chi connectivity index (χ4v) is 12.2. The van der Waals surface area contributed by atoms with E-state index in [1.807, 2.05) is 24.3 Å². The van der Waals surface area contributed by atoms with Gasteiger partial charge in [0.15, 0.2) is 0 Å². The molecule has 8 aromatic rings. The molecular formula is C82H88Br2Zr2-2. The predicted molar refractivity (Wildman–Crippen MR) is 356 cm³/mol. The van der Waals surface area contributed by atoms with Gasteiger partial charge in [-0.1, -0.05) is 131 Å². The van der Waals surface area contributed by atoms with Crippen LogP contribution in [0, 0.1) is 24.3 Å². The number of halogens is 2. The summed E-state index contributed by atoms with van der Waals surface area (Å²) in [6.45, 7) is 27.2. The first kappa shape index (κ1) is 71.9. The zero-order chi connectivity index (χ0) is 60.3. The van der Waals surface area contributed by atoms with E-state index in [1.165, 1.54) is 89.0 Å². The molecule has 440 valence electrons. The Hall–Kier alpha value is -4.81. The fourth-order valence-electron chi connectivity index (χ4n) is 10.2. The van der Waals surface area contributed by atoms with Gasteiger partial charge in [-0.25, -0.2) is 24.3 Å². The van der Waals surface area contributed by atoms with E-state index in [1.54, 1.807) is 54.9 Å². The van der Waals surface area contributed by atoms with Crippen molar-refractivity contribution < 1.29 is 82.4 Å². The monoisotopic (exact) mass is 1410 g/mol. The zero-order valence-corrected chi connectivity index (χ0v) is 61.3. The van der Waals surface area contributed by atoms with Crippen LogP contribution in [-0.4, -0.2) is 6.41 Å². The molecule has 12 rings (SSSR count). The minimum absolute atomic E-state index is 0. The van der Waals surface area contributed by atoms with E-state index in [0.717, 1.165) is 51.4 Å². The quantitative estimate of drug-likeness (QED) is 0.133. The van der Waals surface area contributed by atoms with Crippen molar-refractivity contribution in [3.05, 3.63) is 309 Å². The molecular weight excluding hydrogens is 1330 g/mol. The summed E-state index contributed by atoms with van der Waals surface area (Å²) in [6.07, 6.45) is 26.5. The third-order valence-electron chi connectivity index (χ3n) is 15.1. The molecule has 0 spiro atoms. The van der Waals surface area contributed by atoms with Crippen LogP contribution in [0.2, 0.25) is 0 Å². The Morgan fingerprint density at radius 2 is 0.651 bits per heavy atom. The summed E-state index contributed by atoms with van der Waals surface area (Å²) in [5.74, 6) is 0. The van der Waals surface area contributed by atoms with Gasteiger partial charge in [-0.05, 0) is 56.8 Å². The second-order valence-electron chi connectivity index (χ2n) is 26.5. The van der Waals surface area contributed by atoms with Crippen LogP contribution in [0.1, 0.15) is 163 Å². The van der Waals surface area contributed by atoms with Crippen molar-refractivity contribution in [3.8, 4) is 22.3 Å². The van der Waals surface area contributed by atoms with Crippen molar-refractivity contribution in [2.75, 3.05) is 0 Å². The van der Waals surface area contributed by atoms with Gasteiger partial charge >= 0.3 is 224 Å². The Morgan fingerprint density at radius 3 is 0.884 bits per heavy atom. The van der Waals surface area contributed by atoms with Gasteiger partial charge in [0.25, 0.3) is 0 Å². The SMILES string of the molecule is CC(C)(C)c1[c-]c2c(cc1)-c1ccc(C(C)(C)C)cc1C2.CC(C)(C)c1[c-]c2c(cc1)-c1ccc(C(C)(C)C)cc1C2.[Br-].[Br-].[C-]1=CC=CC1.[C-]1=CC=CC1.[Zr+2]=[C](Cc1ccccc1)Cc1ccccc1.[Zr+2]=[C](Cc1ccccc1)Cc1ccccc1. The molecule has 0 heterocycles. The molecule has 0 nitrogen and oxygen atoms in total. The Labute approximate surface area is 571 Å². The molecule has 0 fully saturated rings. The van der Waals surface area contributed by atoms with Crippen molar-refractivity contribution >= 4 is 6.41 Å². The summed E-state index contributed by atoms with van der Waals surface area (Å²) < 4.78 is 3.20. The standard InChI is InChI=1S/2C21H25.2C15H14.2C5H5.2BrH.2Zr/c2*1-20(2,3)16-7-9-18-14(12-16)11-15-13-17(21(4,5)6)8-10-19(15)18;2*1-3-8-14(9-4-1)12-7-13-15-10-5-2-6-11-15;2*1-2-4-5-3-1;;;;/h2*7-10,12H,11H2,1-6H3;2*1-6,8-11H,12-13H2;2*1-3H,4H2;2*1H;;/q2*-1;;;2*-1;;;2*+2/p-2. The molecule has 0 saturated carbocycles. The molecule has 0 saturated heterocycles. The molecule has 0 amide bonds. The summed E-state index contributed by atoms with van der Waals surface area (Å²) in [5.41, 5.74) is 23.1. The first-order valence-corrected chi connectivity index (χ1v) is 32.6. The van der Waals surface area contributed by atoms with Crippen LogP contribution >= 0.6 is 0 Å². The van der Waals surface area contributed by atoms with E-state index in [2.05, 4.69) is 302 Å². The third-order valence-corrected chi connectivity index (χ3v) is 16.9. The molecule has 8 aromatic carbocycles. The third kappa shape index (κ3) is 23.0. The maximum atomic E-state index is 3.67. The van der Waals surface area contributed by atoms with Crippen molar-refractivity contribution in [1.29, 1.82) is 0 Å². The van der Waals surface area contributed by atoms with Crippen molar-refractivity contribution in [2.45, 2.75) is 156 Å². The van der Waals surface area contributed by atoms with E-state index in [9.17, 15) is 0 Å². The zero-order valence-electron chi connectivity index (χ0n) is 53.2. The van der Waals surface area contributed by atoms with Gasteiger partial charge in [-0.3, -0.25) is 12.2 Å². The van der Waals surface area contributed by atoms with Crippen LogP contribution in [0.15, 0.2) is 218 Å². The molecule has 0 aliphatic heterocycles. The van der Waals surface area contributed by atoms with Gasteiger partial charge in [-0.15, -0.1) is 35.1 Å². The summed E-state index contributed by atoms with van der Waals surface area (Å²) in [6, 6.07) is 73.2. The van der Waals surface area contributed by atoms with Crippen LogP contribution < -0.4 is 34.0 Å². The van der Waals surface area contributed by atoms with E-state index in [0.29, 0.717) is 0 Å². The number of fused-ring (bicyclic) bond motifs is 6. The second kappa shape index (κ2) is 34.2. The van der Waals surface area contributed by atoms with Crippen molar-refractivity contribution in [1.82, 2.24) is 0 Å². The molecule has 0 atom stereocenters.